The molecule has 88 valence electrons. The van der Waals surface area contributed by atoms with Crippen molar-refractivity contribution in [2.45, 2.75) is 26.4 Å². The lowest BCUT2D eigenvalue weighted by Crippen LogP contribution is -2.23. The monoisotopic (exact) mass is 222 g/mol. The van der Waals surface area contributed by atoms with Gasteiger partial charge in [0.15, 0.2) is 0 Å². The van der Waals surface area contributed by atoms with E-state index in [1.165, 1.54) is 0 Å². The van der Waals surface area contributed by atoms with Gasteiger partial charge in [0.25, 0.3) is 0 Å². The fourth-order valence-electron chi connectivity index (χ4n) is 1.24. The van der Waals surface area contributed by atoms with E-state index >= 15 is 0 Å². The van der Waals surface area contributed by atoms with Crippen molar-refractivity contribution >= 4 is 17.3 Å². The van der Waals surface area contributed by atoms with Gasteiger partial charge in [-0.1, -0.05) is 0 Å². The van der Waals surface area contributed by atoms with Crippen molar-refractivity contribution in [2.24, 2.45) is 0 Å². The highest BCUT2D eigenvalue weighted by atomic mass is 16.6. The molecule has 1 rings (SSSR count). The highest BCUT2D eigenvalue weighted by Gasteiger charge is 2.18. The van der Waals surface area contributed by atoms with Crippen LogP contribution in [0.25, 0.3) is 0 Å². The SMILES string of the molecule is CNc1cc(C(=O)OC(C)(C)C)ccc1N. The van der Waals surface area contributed by atoms with E-state index in [1.807, 2.05) is 20.8 Å². The van der Waals surface area contributed by atoms with Crippen LogP contribution in [-0.4, -0.2) is 18.6 Å². The largest absolute Gasteiger partial charge is 0.456 e. The van der Waals surface area contributed by atoms with Crippen LogP contribution in [0.3, 0.4) is 0 Å². The summed E-state index contributed by atoms with van der Waals surface area (Å²) >= 11 is 0. The summed E-state index contributed by atoms with van der Waals surface area (Å²) in [6, 6.07) is 5.03. The highest BCUT2D eigenvalue weighted by Crippen LogP contribution is 2.21. The van der Waals surface area contributed by atoms with Gasteiger partial charge in [-0.25, -0.2) is 4.79 Å². The smallest absolute Gasteiger partial charge is 0.338 e. The fraction of sp³-hybridized carbons (Fsp3) is 0.417. The lowest BCUT2D eigenvalue weighted by atomic mass is 10.1. The van der Waals surface area contributed by atoms with Gasteiger partial charge in [0, 0.05) is 7.05 Å². The third-order valence-electron chi connectivity index (χ3n) is 1.96. The summed E-state index contributed by atoms with van der Waals surface area (Å²) in [5.41, 5.74) is 7.05. The Kier molecular flexibility index (Phi) is 3.42. The van der Waals surface area contributed by atoms with Crippen molar-refractivity contribution < 1.29 is 9.53 Å². The molecule has 0 heterocycles. The summed E-state index contributed by atoms with van der Waals surface area (Å²) in [6.07, 6.45) is 0. The average molecular weight is 222 g/mol. The number of nitrogens with one attached hydrogen (secondary N) is 1. The zero-order chi connectivity index (χ0) is 12.3. The topological polar surface area (TPSA) is 64.3 Å². The van der Waals surface area contributed by atoms with E-state index in [1.54, 1.807) is 25.2 Å². The average Bonchev–Trinajstić information content (AvgIpc) is 2.15. The molecule has 0 saturated carbocycles. The van der Waals surface area contributed by atoms with Gasteiger partial charge in [-0.05, 0) is 39.0 Å². The summed E-state index contributed by atoms with van der Waals surface area (Å²) in [7, 11) is 1.75. The van der Waals surface area contributed by atoms with E-state index < -0.39 is 5.60 Å². The quantitative estimate of drug-likeness (QED) is 0.595. The first kappa shape index (κ1) is 12.4. The van der Waals surface area contributed by atoms with Crippen LogP contribution in [0.15, 0.2) is 18.2 Å². The second-order valence-corrected chi connectivity index (χ2v) is 4.55. The van der Waals surface area contributed by atoms with Gasteiger partial charge >= 0.3 is 5.97 Å². The number of rotatable bonds is 2. The number of esters is 1. The van der Waals surface area contributed by atoms with Crippen LogP contribution in [0.4, 0.5) is 11.4 Å². The summed E-state index contributed by atoms with van der Waals surface area (Å²) in [6.45, 7) is 5.50. The van der Waals surface area contributed by atoms with Crippen LogP contribution in [0.5, 0.6) is 0 Å². The molecule has 0 aromatic heterocycles. The van der Waals surface area contributed by atoms with Crippen LogP contribution in [-0.2, 0) is 4.74 Å². The molecule has 0 bridgehead atoms. The van der Waals surface area contributed by atoms with E-state index in [9.17, 15) is 4.79 Å². The zero-order valence-corrected chi connectivity index (χ0v) is 10.1. The maximum atomic E-state index is 11.7. The molecule has 0 saturated heterocycles. The Morgan fingerprint density at radius 2 is 2.00 bits per heavy atom. The summed E-state index contributed by atoms with van der Waals surface area (Å²) < 4.78 is 5.26. The first-order valence-corrected chi connectivity index (χ1v) is 5.14. The highest BCUT2D eigenvalue weighted by molar-refractivity contribution is 5.92. The van der Waals surface area contributed by atoms with Gasteiger partial charge in [0.2, 0.25) is 0 Å². The molecule has 0 aliphatic heterocycles. The number of carbonyl (C=O) groups excluding carboxylic acids is 1. The Labute approximate surface area is 95.8 Å². The lowest BCUT2D eigenvalue weighted by molar-refractivity contribution is 0.00696. The summed E-state index contributed by atoms with van der Waals surface area (Å²) in [5, 5.41) is 2.92. The van der Waals surface area contributed by atoms with Gasteiger partial charge < -0.3 is 15.8 Å². The molecular formula is C12H18N2O2. The van der Waals surface area contributed by atoms with Crippen LogP contribution in [0, 0.1) is 0 Å². The molecule has 1 aromatic carbocycles. The van der Waals surface area contributed by atoms with E-state index in [0.29, 0.717) is 11.3 Å². The number of hydrogen-bond acceptors (Lipinski definition) is 4. The molecule has 0 radical (unpaired) electrons. The van der Waals surface area contributed by atoms with Crippen LogP contribution >= 0.6 is 0 Å². The van der Waals surface area contributed by atoms with Crippen molar-refractivity contribution in [3.05, 3.63) is 23.8 Å². The maximum absolute atomic E-state index is 11.7. The summed E-state index contributed by atoms with van der Waals surface area (Å²) in [5.74, 6) is -0.344. The Hall–Kier alpha value is -1.71. The second kappa shape index (κ2) is 4.43. The molecule has 0 unspecified atom stereocenters. The minimum atomic E-state index is -0.488. The number of carbonyl (C=O) groups is 1. The number of anilines is 2. The lowest BCUT2D eigenvalue weighted by Gasteiger charge is -2.19. The predicted octanol–water partition coefficient (Wildman–Crippen LogP) is 2.27. The third-order valence-corrected chi connectivity index (χ3v) is 1.96. The Morgan fingerprint density at radius 1 is 1.38 bits per heavy atom. The first-order valence-electron chi connectivity index (χ1n) is 5.14. The third kappa shape index (κ3) is 3.15. The minimum Gasteiger partial charge on any atom is -0.456 e. The van der Waals surface area contributed by atoms with Gasteiger partial charge in [-0.3, -0.25) is 0 Å². The normalized spacial score (nSPS) is 11.0. The standard InChI is InChI=1S/C12H18N2O2/c1-12(2,3)16-11(15)8-5-6-9(13)10(7-8)14-4/h5-7,14H,13H2,1-4H3. The molecule has 0 fully saturated rings. The molecule has 3 N–H and O–H groups in total. The zero-order valence-electron chi connectivity index (χ0n) is 10.1. The number of nitrogen functional groups attached to an aromatic ring is 1. The van der Waals surface area contributed by atoms with E-state index in [0.717, 1.165) is 5.69 Å². The molecule has 4 heteroatoms. The van der Waals surface area contributed by atoms with Crippen LogP contribution in [0.1, 0.15) is 31.1 Å². The molecule has 0 atom stereocenters. The molecule has 4 nitrogen and oxygen atoms in total. The Bertz CT molecular complexity index is 394. The van der Waals surface area contributed by atoms with E-state index in [-0.39, 0.29) is 5.97 Å². The second-order valence-electron chi connectivity index (χ2n) is 4.55. The van der Waals surface area contributed by atoms with E-state index in [2.05, 4.69) is 5.32 Å². The number of ether oxygens (including phenoxy) is 1. The van der Waals surface area contributed by atoms with Gasteiger partial charge in [-0.2, -0.15) is 0 Å². The molecule has 0 aliphatic rings. The van der Waals surface area contributed by atoms with Crippen molar-refractivity contribution in [1.29, 1.82) is 0 Å². The van der Waals surface area contributed by atoms with Crippen molar-refractivity contribution in [1.82, 2.24) is 0 Å². The molecule has 0 amide bonds. The number of hydrogen-bond donors (Lipinski definition) is 2. The molecule has 16 heavy (non-hydrogen) atoms. The molecule has 0 spiro atoms. The summed E-state index contributed by atoms with van der Waals surface area (Å²) in [4.78, 5) is 11.7. The van der Waals surface area contributed by atoms with Crippen LogP contribution in [0.2, 0.25) is 0 Å². The first-order chi connectivity index (χ1) is 7.33. The molecular weight excluding hydrogens is 204 g/mol. The van der Waals surface area contributed by atoms with Gasteiger partial charge in [0.05, 0.1) is 16.9 Å². The molecule has 1 aromatic rings. The van der Waals surface area contributed by atoms with Crippen molar-refractivity contribution in [3.8, 4) is 0 Å². The van der Waals surface area contributed by atoms with Crippen molar-refractivity contribution in [2.75, 3.05) is 18.1 Å². The van der Waals surface area contributed by atoms with Gasteiger partial charge in [-0.15, -0.1) is 0 Å². The Morgan fingerprint density at radius 3 is 2.50 bits per heavy atom. The van der Waals surface area contributed by atoms with Crippen molar-refractivity contribution in [3.63, 3.8) is 0 Å². The van der Waals surface area contributed by atoms with Gasteiger partial charge in [0.1, 0.15) is 5.60 Å². The Balaban J connectivity index is 2.93. The minimum absolute atomic E-state index is 0.344. The number of benzene rings is 1. The van der Waals surface area contributed by atoms with E-state index in [4.69, 9.17) is 10.5 Å². The van der Waals surface area contributed by atoms with Crippen LogP contribution < -0.4 is 11.1 Å². The molecule has 0 aliphatic carbocycles. The fourth-order valence-corrected chi connectivity index (χ4v) is 1.24. The maximum Gasteiger partial charge on any atom is 0.338 e. The predicted molar refractivity (Wildman–Crippen MR) is 65.6 cm³/mol. The number of nitrogens with two attached hydrogens (primary N) is 1.